The average molecular weight is 943 g/mol. The Kier molecular flexibility index (Phi) is 13.9. The topological polar surface area (TPSA) is 295 Å². The third kappa shape index (κ3) is 7.69. The highest BCUT2D eigenvalue weighted by atomic mass is 16.8. The number of hydrogen-bond acceptors (Lipinski definition) is 18. The van der Waals surface area contributed by atoms with Gasteiger partial charge >= 0.3 is 5.97 Å². The fourth-order valence-electron chi connectivity index (χ4n) is 15.8. The average Bonchev–Trinajstić information content (AvgIpc) is 3.67. The summed E-state index contributed by atoms with van der Waals surface area (Å²) in [5.41, 5.74) is -1.12. The van der Waals surface area contributed by atoms with Crippen LogP contribution in [0.25, 0.3) is 0 Å². The lowest BCUT2D eigenvalue weighted by Gasteiger charge is -2.73. The molecule has 0 amide bonds. The van der Waals surface area contributed by atoms with Gasteiger partial charge in [0.25, 0.3) is 0 Å². The molecule has 0 aromatic heterocycles. The van der Waals surface area contributed by atoms with Gasteiger partial charge in [-0.3, -0.25) is 4.79 Å². The van der Waals surface area contributed by atoms with Crippen molar-refractivity contribution in [3.63, 3.8) is 0 Å². The molecule has 5 saturated carbocycles. The lowest BCUT2D eigenvalue weighted by Crippen LogP contribution is -2.70. The van der Waals surface area contributed by atoms with Crippen molar-refractivity contribution in [1.29, 1.82) is 0 Å². The molecule has 66 heavy (non-hydrogen) atoms. The predicted molar refractivity (Wildman–Crippen MR) is 230 cm³/mol. The van der Waals surface area contributed by atoms with Crippen molar-refractivity contribution < 1.29 is 89.4 Å². The maximum atomic E-state index is 15.0. The van der Waals surface area contributed by atoms with Crippen LogP contribution in [0.2, 0.25) is 0 Å². The second-order valence-corrected chi connectivity index (χ2v) is 23.1. The van der Waals surface area contributed by atoms with Crippen LogP contribution in [0, 0.1) is 56.7 Å². The molecule has 5 aliphatic carbocycles. The van der Waals surface area contributed by atoms with E-state index in [4.69, 9.17) is 28.4 Å². The number of ether oxygens (including phenoxy) is 6. The summed E-state index contributed by atoms with van der Waals surface area (Å²) in [6.07, 6.45) is -19.2. The molecule has 3 aliphatic heterocycles. The van der Waals surface area contributed by atoms with Crippen LogP contribution in [0.15, 0.2) is 12.2 Å². The van der Waals surface area contributed by atoms with Crippen molar-refractivity contribution in [2.75, 3.05) is 13.2 Å². The highest BCUT2D eigenvalue weighted by molar-refractivity contribution is 5.78. The van der Waals surface area contributed by atoms with Crippen LogP contribution < -0.4 is 0 Å². The molecule has 11 N–H and O–H groups in total. The monoisotopic (exact) mass is 943 g/mol. The van der Waals surface area contributed by atoms with Gasteiger partial charge in [-0.05, 0) is 123 Å². The summed E-state index contributed by atoms with van der Waals surface area (Å²) in [6.45, 7) is 17.8. The standard InChI is InChI=1S/C48H78O18/c1-20(2)22-9-14-48(16-15-46(7)23(29(22)48)17-24(50)39-45(6)12-11-28(51)44(4,5)27(45)10-13-47(39,46)8)43(60)66-42-36(58)33(55)31(53)26(64-42)19-61-40-37(59)34(56)38(25(18-49)63-40)65-41-35(57)32(54)30(52)21(3)62-41/h21-42,49-59H,1,9-19H2,2-8H3/t21-,22-,23+,24+,25+,26+,27-,28+,29+,30-,31+,32+,33-,34+,35+,36+,37+,38+,39+,40+,41-,42-,45-,46+,47+,48-/m0/s1. The van der Waals surface area contributed by atoms with E-state index in [2.05, 4.69) is 41.2 Å². The van der Waals surface area contributed by atoms with Crippen LogP contribution in [0.5, 0.6) is 0 Å². The highest BCUT2D eigenvalue weighted by Gasteiger charge is 2.74. The van der Waals surface area contributed by atoms with Crippen molar-refractivity contribution in [2.24, 2.45) is 56.7 Å². The lowest BCUT2D eigenvalue weighted by atomic mass is 9.31. The zero-order valence-corrected chi connectivity index (χ0v) is 39.5. The summed E-state index contributed by atoms with van der Waals surface area (Å²) in [5, 5.41) is 120. The molecule has 8 aliphatic rings. The largest absolute Gasteiger partial charge is 0.432 e. The van der Waals surface area contributed by atoms with Crippen molar-refractivity contribution in [3.8, 4) is 0 Å². The molecule has 18 heteroatoms. The Morgan fingerprint density at radius 2 is 1.32 bits per heavy atom. The summed E-state index contributed by atoms with van der Waals surface area (Å²) in [4.78, 5) is 15.0. The van der Waals surface area contributed by atoms with E-state index >= 15 is 0 Å². The van der Waals surface area contributed by atoms with Crippen LogP contribution >= 0.6 is 0 Å². The Hall–Kier alpha value is -1.43. The molecule has 8 rings (SSSR count). The zero-order valence-electron chi connectivity index (χ0n) is 39.5. The maximum absolute atomic E-state index is 15.0. The number of rotatable bonds is 9. The molecule has 0 radical (unpaired) electrons. The Morgan fingerprint density at radius 1 is 0.682 bits per heavy atom. The molecule has 0 spiro atoms. The third-order valence-electron chi connectivity index (χ3n) is 19.6. The molecule has 0 unspecified atom stereocenters. The number of fused-ring (bicyclic) bond motifs is 7. The minimum Gasteiger partial charge on any atom is -0.432 e. The smallest absolute Gasteiger partial charge is 0.314 e. The quantitative estimate of drug-likeness (QED) is 0.107. The first-order valence-corrected chi connectivity index (χ1v) is 24.3. The fourth-order valence-corrected chi connectivity index (χ4v) is 15.8. The molecule has 18 nitrogen and oxygen atoms in total. The SMILES string of the molecule is C=C(C)[C@@H]1CC[C@]2(C(=O)O[C@@H]3O[C@H](CO[C@@H]4O[C@H](CO)[C@@H](O[C@@H]5O[C@@H](C)[C@H](O)[C@@H](O)[C@H]5O)[C@H](O)[C@H]4O)[C@@H](O)[C@H](O)[C@H]3O)CC[C@]3(C)[C@H](C[C@@H](O)[C@@H]4[C@@]5(C)CC[C@@H](O)C(C)(C)[C@@H]5CC[C@]43C)[C@@H]12. The normalized spacial score (nSPS) is 55.7. The van der Waals surface area contributed by atoms with Gasteiger partial charge < -0.3 is 84.6 Å². The molecule has 0 aromatic carbocycles. The predicted octanol–water partition coefficient (Wildman–Crippen LogP) is -0.00520. The first kappa shape index (κ1) is 50.9. The van der Waals surface area contributed by atoms with Gasteiger partial charge in [-0.15, -0.1) is 0 Å². The summed E-state index contributed by atoms with van der Waals surface area (Å²) >= 11 is 0. The Morgan fingerprint density at radius 3 is 1.98 bits per heavy atom. The molecule has 378 valence electrons. The van der Waals surface area contributed by atoms with Crippen molar-refractivity contribution in [2.45, 2.75) is 211 Å². The first-order valence-electron chi connectivity index (χ1n) is 24.3. The van der Waals surface area contributed by atoms with Crippen LogP contribution in [0.4, 0.5) is 0 Å². The van der Waals surface area contributed by atoms with Gasteiger partial charge in [0.1, 0.15) is 67.1 Å². The van der Waals surface area contributed by atoms with Crippen molar-refractivity contribution in [3.05, 3.63) is 12.2 Å². The van der Waals surface area contributed by atoms with E-state index in [0.717, 1.165) is 24.8 Å². The van der Waals surface area contributed by atoms with E-state index in [1.54, 1.807) is 0 Å². The van der Waals surface area contributed by atoms with Gasteiger partial charge in [0, 0.05) is 0 Å². The molecule has 0 aromatic rings. The van der Waals surface area contributed by atoms with E-state index in [0.29, 0.717) is 38.5 Å². The second-order valence-electron chi connectivity index (χ2n) is 23.1. The number of aliphatic hydroxyl groups excluding tert-OH is 11. The van der Waals surface area contributed by atoms with E-state index < -0.39 is 129 Å². The Balaban J connectivity index is 0.975. The maximum Gasteiger partial charge on any atom is 0.314 e. The highest BCUT2D eigenvalue weighted by Crippen LogP contribution is 2.77. The van der Waals surface area contributed by atoms with Gasteiger partial charge in [-0.1, -0.05) is 46.8 Å². The van der Waals surface area contributed by atoms with Crippen molar-refractivity contribution >= 4 is 5.97 Å². The minimum atomic E-state index is -1.86. The Bertz CT molecular complexity index is 1780. The van der Waals surface area contributed by atoms with Crippen LogP contribution in [-0.2, 0) is 33.2 Å². The second kappa shape index (κ2) is 18.0. The lowest BCUT2D eigenvalue weighted by molar-refractivity contribution is -0.361. The minimum absolute atomic E-state index is 0.00799. The molecule has 26 atom stereocenters. The van der Waals surface area contributed by atoms with Gasteiger partial charge in [0.2, 0.25) is 6.29 Å². The van der Waals surface area contributed by atoms with Gasteiger partial charge in [0.15, 0.2) is 12.6 Å². The van der Waals surface area contributed by atoms with Crippen LogP contribution in [0.1, 0.15) is 106 Å². The van der Waals surface area contributed by atoms with Crippen molar-refractivity contribution in [1.82, 2.24) is 0 Å². The molecular weight excluding hydrogens is 865 g/mol. The van der Waals surface area contributed by atoms with E-state index in [-0.39, 0.29) is 51.2 Å². The fraction of sp³-hybridized carbons (Fsp3) is 0.938. The Labute approximate surface area is 387 Å². The van der Waals surface area contributed by atoms with E-state index in [1.807, 2.05) is 6.92 Å². The number of esters is 1. The molecule has 3 heterocycles. The number of allylic oxidation sites excluding steroid dienone is 1. The van der Waals surface area contributed by atoms with Crippen LogP contribution in [-0.4, -0.2) is 180 Å². The summed E-state index contributed by atoms with van der Waals surface area (Å²) < 4.78 is 34.7. The summed E-state index contributed by atoms with van der Waals surface area (Å²) in [6, 6.07) is 0. The first-order chi connectivity index (χ1) is 30.8. The molecular formula is C48H78O18. The summed E-state index contributed by atoms with van der Waals surface area (Å²) in [5.74, 6) is -0.766. The summed E-state index contributed by atoms with van der Waals surface area (Å²) in [7, 11) is 0. The van der Waals surface area contributed by atoms with Gasteiger partial charge in [-0.25, -0.2) is 0 Å². The number of hydrogen-bond donors (Lipinski definition) is 11. The van der Waals surface area contributed by atoms with Gasteiger partial charge in [0.05, 0.1) is 36.9 Å². The third-order valence-corrected chi connectivity index (χ3v) is 19.6. The van der Waals surface area contributed by atoms with Crippen LogP contribution in [0.3, 0.4) is 0 Å². The molecule has 3 saturated heterocycles. The zero-order chi connectivity index (χ0) is 48.4. The molecule has 8 fully saturated rings. The number of carbonyl (C=O) groups excluding carboxylic acids is 1. The number of aliphatic hydroxyl groups is 11. The van der Waals surface area contributed by atoms with E-state index in [9.17, 15) is 61.0 Å². The molecule has 0 bridgehead atoms. The van der Waals surface area contributed by atoms with Gasteiger partial charge in [-0.2, -0.15) is 0 Å². The van der Waals surface area contributed by atoms with E-state index in [1.165, 1.54) is 6.92 Å². The number of carbonyl (C=O) groups is 1.